The summed E-state index contributed by atoms with van der Waals surface area (Å²) in [6.45, 7) is 8.06. The van der Waals surface area contributed by atoms with E-state index in [9.17, 15) is 0 Å². The van der Waals surface area contributed by atoms with Gasteiger partial charge in [0.1, 0.15) is 0 Å². The summed E-state index contributed by atoms with van der Waals surface area (Å²) >= 11 is 0. The Balaban J connectivity index is 0.00000128. The first-order valence-corrected chi connectivity index (χ1v) is 5.61. The average molecular weight is 293 g/mol. The first-order valence-electron chi connectivity index (χ1n) is 5.61. The minimum atomic E-state index is 0. The van der Waals surface area contributed by atoms with Crippen molar-refractivity contribution in [1.82, 2.24) is 0 Å². The monoisotopic (exact) mass is 293 g/mol. The molecule has 16 heavy (non-hydrogen) atoms. The van der Waals surface area contributed by atoms with Crippen LogP contribution < -0.4 is 4.90 Å². The van der Waals surface area contributed by atoms with Crippen LogP contribution in [0, 0.1) is 6.07 Å². The van der Waals surface area contributed by atoms with Gasteiger partial charge in [-0.2, -0.15) is 23.8 Å². The molecule has 0 aliphatic carbocycles. The zero-order valence-corrected chi connectivity index (χ0v) is 12.9. The second kappa shape index (κ2) is 6.73. The second-order valence-electron chi connectivity index (χ2n) is 4.26. The van der Waals surface area contributed by atoms with E-state index in [1.165, 1.54) is 11.3 Å². The second-order valence-corrected chi connectivity index (χ2v) is 4.26. The van der Waals surface area contributed by atoms with Crippen molar-refractivity contribution in [2.24, 2.45) is 0 Å². The van der Waals surface area contributed by atoms with Crippen LogP contribution in [0.15, 0.2) is 18.2 Å². The fourth-order valence-electron chi connectivity index (χ4n) is 1.81. The SMILES string of the molecule is CC(C)c1[c-]cc(N2CCOCC2)cc1.[Y]. The van der Waals surface area contributed by atoms with Crippen LogP contribution in [0.4, 0.5) is 5.69 Å². The molecule has 1 radical (unpaired) electrons. The maximum atomic E-state index is 5.33. The van der Waals surface area contributed by atoms with Gasteiger partial charge in [-0.25, -0.2) is 0 Å². The minimum absolute atomic E-state index is 0. The molecular weight excluding hydrogens is 275 g/mol. The molecule has 0 atom stereocenters. The molecule has 0 aromatic heterocycles. The Morgan fingerprint density at radius 1 is 1.25 bits per heavy atom. The number of benzene rings is 1. The molecule has 0 spiro atoms. The topological polar surface area (TPSA) is 12.5 Å². The normalized spacial score (nSPS) is 16.1. The molecule has 1 saturated heterocycles. The third-order valence-corrected chi connectivity index (χ3v) is 2.82. The standard InChI is InChI=1S/C13H18NO.Y/c1-11(2)12-3-5-13(6-4-12)14-7-9-15-10-8-14;/h3,5-6,11H,7-10H2,1-2H3;/q-1;. The summed E-state index contributed by atoms with van der Waals surface area (Å²) in [5.41, 5.74) is 2.55. The van der Waals surface area contributed by atoms with Crippen molar-refractivity contribution < 1.29 is 37.4 Å². The van der Waals surface area contributed by atoms with E-state index < -0.39 is 0 Å². The van der Waals surface area contributed by atoms with Gasteiger partial charge in [0.25, 0.3) is 0 Å². The summed E-state index contributed by atoms with van der Waals surface area (Å²) in [7, 11) is 0. The van der Waals surface area contributed by atoms with Gasteiger partial charge in [-0.3, -0.25) is 0 Å². The summed E-state index contributed by atoms with van der Waals surface area (Å²) < 4.78 is 5.33. The molecule has 2 nitrogen and oxygen atoms in total. The van der Waals surface area contributed by atoms with Gasteiger partial charge < -0.3 is 9.64 Å². The van der Waals surface area contributed by atoms with Gasteiger partial charge in [0, 0.05) is 45.8 Å². The predicted octanol–water partition coefficient (Wildman–Crippen LogP) is 2.44. The Kier molecular flexibility index (Phi) is 5.95. The fourth-order valence-corrected chi connectivity index (χ4v) is 1.81. The van der Waals surface area contributed by atoms with Gasteiger partial charge in [0.15, 0.2) is 0 Å². The van der Waals surface area contributed by atoms with E-state index in [-0.39, 0.29) is 32.7 Å². The van der Waals surface area contributed by atoms with Crippen molar-refractivity contribution in [3.05, 3.63) is 29.8 Å². The van der Waals surface area contributed by atoms with Crippen LogP contribution in [-0.4, -0.2) is 26.3 Å². The number of nitrogens with zero attached hydrogens (tertiary/aromatic N) is 1. The molecule has 1 heterocycles. The Morgan fingerprint density at radius 3 is 2.44 bits per heavy atom. The molecule has 85 valence electrons. The molecular formula is C13H18NOY-. The Bertz CT molecular complexity index is 304. The van der Waals surface area contributed by atoms with Crippen molar-refractivity contribution in [3.63, 3.8) is 0 Å². The van der Waals surface area contributed by atoms with Crippen LogP contribution in [0.1, 0.15) is 25.3 Å². The zero-order chi connectivity index (χ0) is 10.7. The van der Waals surface area contributed by atoms with E-state index in [4.69, 9.17) is 4.74 Å². The van der Waals surface area contributed by atoms with Crippen molar-refractivity contribution in [1.29, 1.82) is 0 Å². The molecule has 0 bridgehead atoms. The van der Waals surface area contributed by atoms with E-state index >= 15 is 0 Å². The number of ether oxygens (including phenoxy) is 1. The number of hydrogen-bond acceptors (Lipinski definition) is 2. The largest absolute Gasteiger partial charge is 0.419 e. The smallest absolute Gasteiger partial charge is 0.0632 e. The molecule has 0 unspecified atom stereocenters. The fraction of sp³-hybridized carbons (Fsp3) is 0.538. The molecule has 1 aromatic rings. The molecule has 1 aliphatic heterocycles. The average Bonchev–Trinajstić information content (AvgIpc) is 2.30. The van der Waals surface area contributed by atoms with Crippen LogP contribution in [0.5, 0.6) is 0 Å². The van der Waals surface area contributed by atoms with Crippen molar-refractivity contribution in [3.8, 4) is 0 Å². The quantitative estimate of drug-likeness (QED) is 0.777. The first kappa shape index (κ1) is 14.1. The van der Waals surface area contributed by atoms with Crippen molar-refractivity contribution in [2.45, 2.75) is 19.8 Å². The first-order chi connectivity index (χ1) is 7.27. The molecule has 1 aromatic carbocycles. The summed E-state index contributed by atoms with van der Waals surface area (Å²) in [6, 6.07) is 9.82. The predicted molar refractivity (Wildman–Crippen MR) is 62.4 cm³/mol. The Labute approximate surface area is 123 Å². The van der Waals surface area contributed by atoms with Crippen molar-refractivity contribution >= 4 is 5.69 Å². The van der Waals surface area contributed by atoms with E-state index in [1.807, 2.05) is 0 Å². The van der Waals surface area contributed by atoms with E-state index in [2.05, 4.69) is 43.0 Å². The van der Waals surface area contributed by atoms with Crippen LogP contribution in [-0.2, 0) is 37.4 Å². The number of hydrogen-bond donors (Lipinski definition) is 0. The van der Waals surface area contributed by atoms with Gasteiger partial charge in [0.2, 0.25) is 0 Å². The minimum Gasteiger partial charge on any atom is -0.419 e. The van der Waals surface area contributed by atoms with Gasteiger partial charge in [-0.05, 0) is 5.92 Å². The third-order valence-electron chi connectivity index (χ3n) is 2.82. The Morgan fingerprint density at radius 2 is 1.94 bits per heavy atom. The van der Waals surface area contributed by atoms with Crippen LogP contribution in [0.3, 0.4) is 0 Å². The van der Waals surface area contributed by atoms with E-state index in [0.717, 1.165) is 26.3 Å². The van der Waals surface area contributed by atoms with Gasteiger partial charge in [-0.15, -0.1) is 6.07 Å². The molecule has 1 aliphatic rings. The zero-order valence-electron chi connectivity index (χ0n) is 10.1. The number of rotatable bonds is 2. The summed E-state index contributed by atoms with van der Waals surface area (Å²) in [6.07, 6.45) is 0. The van der Waals surface area contributed by atoms with Crippen molar-refractivity contribution in [2.75, 3.05) is 31.2 Å². The summed E-state index contributed by atoms with van der Waals surface area (Å²) in [5, 5.41) is 0. The molecule has 0 saturated carbocycles. The maximum absolute atomic E-state index is 5.33. The molecule has 3 heteroatoms. The maximum Gasteiger partial charge on any atom is 0.0632 e. The van der Waals surface area contributed by atoms with E-state index in [0.29, 0.717) is 5.92 Å². The number of morpholine rings is 1. The van der Waals surface area contributed by atoms with Crippen LogP contribution in [0.25, 0.3) is 0 Å². The van der Waals surface area contributed by atoms with Gasteiger partial charge in [0.05, 0.1) is 13.2 Å². The van der Waals surface area contributed by atoms with Gasteiger partial charge >= 0.3 is 0 Å². The third kappa shape index (κ3) is 3.54. The molecule has 0 amide bonds. The van der Waals surface area contributed by atoms with Crippen LogP contribution in [0.2, 0.25) is 0 Å². The molecule has 1 fully saturated rings. The summed E-state index contributed by atoms with van der Waals surface area (Å²) in [5.74, 6) is 0.559. The van der Waals surface area contributed by atoms with Gasteiger partial charge in [-0.1, -0.05) is 19.5 Å². The summed E-state index contributed by atoms with van der Waals surface area (Å²) in [4.78, 5) is 2.35. The molecule has 0 N–H and O–H groups in total. The Hall–Kier alpha value is 0.0839. The van der Waals surface area contributed by atoms with Crippen LogP contribution >= 0.6 is 0 Å². The number of anilines is 1. The molecule has 2 rings (SSSR count). The van der Waals surface area contributed by atoms with E-state index in [1.54, 1.807) is 0 Å².